The minimum absolute atomic E-state index is 0.409. The molecule has 0 aliphatic carbocycles. The van der Waals surface area contributed by atoms with Crippen LogP contribution in [0.15, 0.2) is 79.1 Å². The summed E-state index contributed by atoms with van der Waals surface area (Å²) >= 11 is 10.4. The van der Waals surface area contributed by atoms with E-state index in [4.69, 9.17) is 9.47 Å². The van der Waals surface area contributed by atoms with Crippen LogP contribution in [0.4, 0.5) is 11.4 Å². The summed E-state index contributed by atoms with van der Waals surface area (Å²) in [7, 11) is 0. The van der Waals surface area contributed by atoms with Gasteiger partial charge in [0.25, 0.3) is 0 Å². The van der Waals surface area contributed by atoms with E-state index in [2.05, 4.69) is 69.8 Å². The normalized spacial score (nSPS) is 14.0. The molecule has 0 unspecified atom stereocenters. The lowest BCUT2D eigenvalue weighted by molar-refractivity contribution is 0.0733. The molecule has 3 aromatic carbocycles. The highest BCUT2D eigenvalue weighted by atomic mass is 79.9. The fourth-order valence-electron chi connectivity index (χ4n) is 3.27. The summed E-state index contributed by atoms with van der Waals surface area (Å²) in [6.45, 7) is 3.28. The zero-order chi connectivity index (χ0) is 22.5. The topological polar surface area (TPSA) is 51.1 Å². The van der Waals surface area contributed by atoms with Crippen molar-refractivity contribution in [3.63, 3.8) is 0 Å². The third-order valence-electron chi connectivity index (χ3n) is 4.87. The fourth-order valence-corrected chi connectivity index (χ4v) is 5.00. The number of halogens is 3. The third kappa shape index (κ3) is 5.86. The summed E-state index contributed by atoms with van der Waals surface area (Å²) in [6, 6.07) is 18.8. The van der Waals surface area contributed by atoms with Crippen molar-refractivity contribution in [3.05, 3.63) is 85.2 Å². The molecule has 0 N–H and O–H groups in total. The summed E-state index contributed by atoms with van der Waals surface area (Å²) in [5, 5.41) is 0. The number of hydrogen-bond acceptors (Lipinski definition) is 5. The molecule has 0 spiro atoms. The zero-order valence-electron chi connectivity index (χ0n) is 16.9. The lowest BCUT2D eigenvalue weighted by Gasteiger charge is -2.28. The van der Waals surface area contributed by atoms with Gasteiger partial charge in [-0.2, -0.15) is 0 Å². The highest BCUT2D eigenvalue weighted by Crippen LogP contribution is 2.33. The highest BCUT2D eigenvalue weighted by molar-refractivity contribution is 9.11. The molecule has 1 aliphatic rings. The monoisotopic (exact) mass is 620 g/mol. The Morgan fingerprint density at radius 1 is 0.969 bits per heavy atom. The number of esters is 1. The highest BCUT2D eigenvalue weighted by Gasteiger charge is 2.16. The molecular formula is C24H19Br3N2O3. The average Bonchev–Trinajstić information content (AvgIpc) is 2.80. The number of ether oxygens (including phenoxy) is 2. The van der Waals surface area contributed by atoms with E-state index < -0.39 is 5.97 Å². The second-order valence-corrected chi connectivity index (χ2v) is 9.77. The van der Waals surface area contributed by atoms with Gasteiger partial charge < -0.3 is 14.4 Å². The molecule has 0 amide bonds. The van der Waals surface area contributed by atoms with E-state index >= 15 is 0 Å². The molecule has 164 valence electrons. The van der Waals surface area contributed by atoms with Crippen molar-refractivity contribution in [2.75, 3.05) is 31.2 Å². The van der Waals surface area contributed by atoms with Gasteiger partial charge in [-0.15, -0.1) is 0 Å². The van der Waals surface area contributed by atoms with E-state index in [1.807, 2.05) is 30.3 Å². The van der Waals surface area contributed by atoms with Crippen molar-refractivity contribution in [2.45, 2.75) is 0 Å². The zero-order valence-corrected chi connectivity index (χ0v) is 21.7. The molecule has 0 saturated carbocycles. The molecule has 1 fully saturated rings. The van der Waals surface area contributed by atoms with Gasteiger partial charge in [-0.3, -0.25) is 4.99 Å². The second kappa shape index (κ2) is 10.7. The van der Waals surface area contributed by atoms with Crippen LogP contribution < -0.4 is 9.64 Å². The molecule has 0 aromatic heterocycles. The summed E-state index contributed by atoms with van der Waals surface area (Å²) in [5.41, 5.74) is 3.09. The van der Waals surface area contributed by atoms with Crippen molar-refractivity contribution in [1.82, 2.24) is 0 Å². The van der Waals surface area contributed by atoms with Crippen molar-refractivity contribution >= 4 is 71.3 Å². The van der Waals surface area contributed by atoms with Crippen LogP contribution >= 0.6 is 47.8 Å². The summed E-state index contributed by atoms with van der Waals surface area (Å²) in [6.07, 6.45) is 1.70. The maximum Gasteiger partial charge on any atom is 0.343 e. The van der Waals surface area contributed by atoms with Crippen LogP contribution in [0.5, 0.6) is 5.75 Å². The summed E-state index contributed by atoms with van der Waals surface area (Å²) in [4.78, 5) is 19.6. The molecule has 1 heterocycles. The summed E-state index contributed by atoms with van der Waals surface area (Å²) < 4.78 is 13.4. The van der Waals surface area contributed by atoms with Crippen LogP contribution in [-0.2, 0) is 4.74 Å². The quantitative estimate of drug-likeness (QED) is 0.179. The maximum atomic E-state index is 12.7. The Balaban J connectivity index is 1.55. The van der Waals surface area contributed by atoms with E-state index in [1.165, 1.54) is 0 Å². The number of aliphatic imine (C=N–C) groups is 1. The van der Waals surface area contributed by atoms with Crippen molar-refractivity contribution in [2.24, 2.45) is 4.99 Å². The Labute approximate surface area is 211 Å². The molecule has 3 aromatic rings. The molecule has 0 bridgehead atoms. The molecular weight excluding hydrogens is 604 g/mol. The van der Waals surface area contributed by atoms with E-state index in [9.17, 15) is 4.79 Å². The van der Waals surface area contributed by atoms with Gasteiger partial charge in [-0.25, -0.2) is 4.79 Å². The Morgan fingerprint density at radius 2 is 1.72 bits per heavy atom. The van der Waals surface area contributed by atoms with E-state index in [0.29, 0.717) is 21.3 Å². The van der Waals surface area contributed by atoms with Gasteiger partial charge in [0.15, 0.2) is 5.75 Å². The minimum Gasteiger partial charge on any atom is -0.421 e. The van der Waals surface area contributed by atoms with Crippen LogP contribution in [-0.4, -0.2) is 38.5 Å². The third-order valence-corrected chi connectivity index (χ3v) is 6.41. The van der Waals surface area contributed by atoms with Gasteiger partial charge in [0.2, 0.25) is 0 Å². The Bertz CT molecular complexity index is 1140. The number of morpholine rings is 1. The van der Waals surface area contributed by atoms with Gasteiger partial charge in [-0.05, 0) is 70.5 Å². The number of rotatable bonds is 5. The predicted molar refractivity (Wildman–Crippen MR) is 138 cm³/mol. The molecule has 5 nitrogen and oxygen atoms in total. The predicted octanol–water partition coefficient (Wildman–Crippen LogP) is 6.78. The van der Waals surface area contributed by atoms with Crippen LogP contribution in [0, 0.1) is 0 Å². The summed E-state index contributed by atoms with van der Waals surface area (Å²) in [5.74, 6) is -0.0364. The maximum absolute atomic E-state index is 12.7. The van der Waals surface area contributed by atoms with Gasteiger partial charge >= 0.3 is 5.97 Å². The van der Waals surface area contributed by atoms with Crippen LogP contribution in [0.1, 0.15) is 15.9 Å². The largest absolute Gasteiger partial charge is 0.421 e. The number of carbonyl (C=O) groups is 1. The fraction of sp³-hybridized carbons (Fsp3) is 0.167. The first-order valence-corrected chi connectivity index (χ1v) is 12.3. The Hall–Kier alpha value is -2.00. The van der Waals surface area contributed by atoms with Crippen molar-refractivity contribution in [1.29, 1.82) is 0 Å². The number of anilines is 1. The first-order chi connectivity index (χ1) is 15.5. The lowest BCUT2D eigenvalue weighted by atomic mass is 10.2. The Morgan fingerprint density at radius 3 is 2.44 bits per heavy atom. The SMILES string of the molecule is O=C(Oc1c(Br)cc(Br)cc1C=Nc1ccc(N2CCOCC2)cc1)c1cccc(Br)c1. The molecule has 1 aliphatic heterocycles. The lowest BCUT2D eigenvalue weighted by Crippen LogP contribution is -2.36. The molecule has 0 atom stereocenters. The van der Waals surface area contributed by atoms with E-state index in [-0.39, 0.29) is 0 Å². The molecule has 4 rings (SSSR count). The smallest absolute Gasteiger partial charge is 0.343 e. The second-order valence-electron chi connectivity index (χ2n) is 7.08. The van der Waals surface area contributed by atoms with Crippen LogP contribution in [0.25, 0.3) is 0 Å². The Kier molecular flexibility index (Phi) is 7.78. The first kappa shape index (κ1) is 23.2. The number of carbonyl (C=O) groups excluding carboxylic acids is 1. The molecule has 8 heteroatoms. The van der Waals surface area contributed by atoms with Gasteiger partial charge in [-0.1, -0.05) is 37.9 Å². The van der Waals surface area contributed by atoms with Gasteiger partial charge in [0.1, 0.15) is 0 Å². The van der Waals surface area contributed by atoms with Crippen LogP contribution in [0.3, 0.4) is 0 Å². The van der Waals surface area contributed by atoms with Crippen molar-refractivity contribution < 1.29 is 14.3 Å². The average molecular weight is 623 g/mol. The van der Waals surface area contributed by atoms with Gasteiger partial charge in [0, 0.05) is 39.5 Å². The van der Waals surface area contributed by atoms with Gasteiger partial charge in [0.05, 0.1) is 28.9 Å². The number of hydrogen-bond donors (Lipinski definition) is 0. The molecule has 32 heavy (non-hydrogen) atoms. The number of nitrogens with zero attached hydrogens (tertiary/aromatic N) is 2. The first-order valence-electron chi connectivity index (χ1n) is 9.93. The standard InChI is InChI=1S/C24H19Br3N2O3/c25-18-3-1-2-16(12-18)24(30)32-23-17(13-19(26)14-22(23)27)15-28-20-4-6-21(7-5-20)29-8-10-31-11-9-29/h1-7,12-15H,8-11H2. The van der Waals surface area contributed by atoms with Crippen molar-refractivity contribution in [3.8, 4) is 5.75 Å². The minimum atomic E-state index is -0.446. The number of benzene rings is 3. The van der Waals surface area contributed by atoms with E-state index in [0.717, 1.165) is 46.6 Å². The van der Waals surface area contributed by atoms with E-state index in [1.54, 1.807) is 24.4 Å². The molecule has 0 radical (unpaired) electrons. The molecule has 1 saturated heterocycles. The van der Waals surface area contributed by atoms with Crippen LogP contribution in [0.2, 0.25) is 0 Å².